The van der Waals surface area contributed by atoms with E-state index in [1.54, 1.807) is 6.20 Å². The van der Waals surface area contributed by atoms with E-state index in [0.29, 0.717) is 23.7 Å². The van der Waals surface area contributed by atoms with Gasteiger partial charge in [-0.2, -0.15) is 15.1 Å². The minimum Gasteiger partial charge on any atom is -0.382 e. The van der Waals surface area contributed by atoms with Crippen molar-refractivity contribution in [3.05, 3.63) is 54.1 Å². The second-order valence-corrected chi connectivity index (χ2v) is 8.07. The van der Waals surface area contributed by atoms with E-state index in [4.69, 9.17) is 15.7 Å². The fraction of sp³-hybridized carbons (Fsp3) is 0.364. The normalized spacial score (nSPS) is 14.6. The largest absolute Gasteiger partial charge is 0.382 e. The van der Waals surface area contributed by atoms with Crippen LogP contribution < -0.4 is 16.0 Å². The average Bonchev–Trinajstić information content (AvgIpc) is 3.43. The molecule has 1 fully saturated rings. The van der Waals surface area contributed by atoms with E-state index in [9.17, 15) is 0 Å². The van der Waals surface area contributed by atoms with Crippen LogP contribution in [0.15, 0.2) is 42.7 Å². The zero-order valence-corrected chi connectivity index (χ0v) is 17.9. The molecule has 0 spiro atoms. The molecule has 4 aromatic rings. The predicted octanol–water partition coefficient (Wildman–Crippen LogP) is 2.18. The Bertz CT molecular complexity index is 1190. The molecule has 0 amide bonds. The van der Waals surface area contributed by atoms with Gasteiger partial charge in [-0.1, -0.05) is 18.2 Å². The van der Waals surface area contributed by atoms with Gasteiger partial charge in [0.2, 0.25) is 5.95 Å². The molecule has 160 valence electrons. The van der Waals surface area contributed by atoms with E-state index in [0.717, 1.165) is 48.9 Å². The highest BCUT2D eigenvalue weighted by Gasteiger charge is 2.22. The number of aromatic nitrogens is 6. The summed E-state index contributed by atoms with van der Waals surface area (Å²) in [6, 6.07) is 10.4. The van der Waals surface area contributed by atoms with Gasteiger partial charge in [0.1, 0.15) is 5.82 Å². The molecule has 1 aromatic carbocycles. The number of benzene rings is 1. The van der Waals surface area contributed by atoms with Crippen LogP contribution in [0.2, 0.25) is 0 Å². The maximum absolute atomic E-state index is 6.36. The van der Waals surface area contributed by atoms with E-state index in [1.165, 1.54) is 0 Å². The maximum atomic E-state index is 6.36. The predicted molar refractivity (Wildman–Crippen MR) is 122 cm³/mol. The third kappa shape index (κ3) is 3.61. The first kappa shape index (κ1) is 19.5. The third-order valence-electron chi connectivity index (χ3n) is 5.64. The number of rotatable bonds is 5. The Kier molecular flexibility index (Phi) is 5.03. The van der Waals surface area contributed by atoms with E-state index in [-0.39, 0.29) is 6.04 Å². The molecular weight excluding hydrogens is 390 g/mol. The van der Waals surface area contributed by atoms with Crippen LogP contribution in [-0.4, -0.2) is 55.5 Å². The number of imidazole rings is 1. The molecule has 1 aliphatic rings. The molecule has 0 saturated carbocycles. The summed E-state index contributed by atoms with van der Waals surface area (Å²) in [5.74, 6) is 2.03. The van der Waals surface area contributed by atoms with Crippen molar-refractivity contribution in [1.29, 1.82) is 0 Å². The maximum Gasteiger partial charge on any atom is 0.229 e. The average molecular weight is 418 g/mol. The molecule has 9 nitrogen and oxygen atoms in total. The van der Waals surface area contributed by atoms with Gasteiger partial charge in [-0.25, -0.2) is 9.67 Å². The van der Waals surface area contributed by atoms with Gasteiger partial charge in [0.25, 0.3) is 0 Å². The third-order valence-corrected chi connectivity index (χ3v) is 5.64. The number of fused-ring (bicyclic) bond motifs is 1. The number of piperazine rings is 1. The Morgan fingerprint density at radius 3 is 2.61 bits per heavy atom. The SMILES string of the molecule is CC(C)n1c(Cc2ccccc2-n2cccn2)nc2c(N)nc(N3CCNCC3)nc21. The van der Waals surface area contributed by atoms with Gasteiger partial charge >= 0.3 is 0 Å². The van der Waals surface area contributed by atoms with Gasteiger partial charge in [-0.3, -0.25) is 0 Å². The monoisotopic (exact) mass is 417 g/mol. The summed E-state index contributed by atoms with van der Waals surface area (Å²) < 4.78 is 4.06. The number of hydrogen-bond donors (Lipinski definition) is 2. The number of nitrogens with zero attached hydrogens (tertiary/aromatic N) is 7. The van der Waals surface area contributed by atoms with Crippen molar-refractivity contribution in [1.82, 2.24) is 34.6 Å². The Morgan fingerprint density at radius 2 is 1.87 bits per heavy atom. The second kappa shape index (κ2) is 7.99. The van der Waals surface area contributed by atoms with Gasteiger partial charge in [0.05, 0.1) is 5.69 Å². The zero-order valence-electron chi connectivity index (χ0n) is 17.9. The summed E-state index contributed by atoms with van der Waals surface area (Å²) in [5.41, 5.74) is 10.00. The molecule has 0 aliphatic carbocycles. The number of nitrogens with one attached hydrogen (secondary N) is 1. The molecule has 3 aromatic heterocycles. The lowest BCUT2D eigenvalue weighted by Gasteiger charge is -2.27. The summed E-state index contributed by atoms with van der Waals surface area (Å²) in [6.07, 6.45) is 4.38. The molecule has 0 radical (unpaired) electrons. The molecule has 4 heterocycles. The topological polar surface area (TPSA) is 103 Å². The first-order valence-electron chi connectivity index (χ1n) is 10.7. The smallest absolute Gasteiger partial charge is 0.229 e. The van der Waals surface area contributed by atoms with Gasteiger partial charge in [-0.15, -0.1) is 0 Å². The van der Waals surface area contributed by atoms with E-state index < -0.39 is 0 Å². The molecule has 5 rings (SSSR count). The van der Waals surface area contributed by atoms with Crippen molar-refractivity contribution in [2.45, 2.75) is 26.3 Å². The minimum atomic E-state index is 0.182. The zero-order chi connectivity index (χ0) is 21.4. The lowest BCUT2D eigenvalue weighted by atomic mass is 10.1. The number of anilines is 2. The molecule has 9 heteroatoms. The summed E-state index contributed by atoms with van der Waals surface area (Å²) in [7, 11) is 0. The molecule has 1 aliphatic heterocycles. The molecule has 31 heavy (non-hydrogen) atoms. The lowest BCUT2D eigenvalue weighted by molar-refractivity contribution is 0.574. The van der Waals surface area contributed by atoms with Crippen LogP contribution in [0, 0.1) is 0 Å². The quantitative estimate of drug-likeness (QED) is 0.513. The Hall–Kier alpha value is -3.46. The fourth-order valence-corrected chi connectivity index (χ4v) is 4.17. The van der Waals surface area contributed by atoms with Crippen molar-refractivity contribution in [2.75, 3.05) is 36.8 Å². The van der Waals surface area contributed by atoms with Gasteiger partial charge in [0.15, 0.2) is 17.0 Å². The number of nitrogens with two attached hydrogens (primary N) is 1. The van der Waals surface area contributed by atoms with Crippen molar-refractivity contribution >= 4 is 22.9 Å². The van der Waals surface area contributed by atoms with Crippen molar-refractivity contribution < 1.29 is 0 Å². The van der Waals surface area contributed by atoms with Crippen LogP contribution in [0.3, 0.4) is 0 Å². The minimum absolute atomic E-state index is 0.182. The van der Waals surface area contributed by atoms with Crippen molar-refractivity contribution in [3.8, 4) is 5.69 Å². The number of para-hydroxylation sites is 1. The van der Waals surface area contributed by atoms with Crippen LogP contribution >= 0.6 is 0 Å². The van der Waals surface area contributed by atoms with Gasteiger partial charge in [-0.05, 0) is 31.5 Å². The second-order valence-electron chi connectivity index (χ2n) is 8.07. The number of hydrogen-bond acceptors (Lipinski definition) is 7. The lowest BCUT2D eigenvalue weighted by Crippen LogP contribution is -2.44. The van der Waals surface area contributed by atoms with Crippen LogP contribution in [0.4, 0.5) is 11.8 Å². The molecule has 1 saturated heterocycles. The highest BCUT2D eigenvalue weighted by Crippen LogP contribution is 2.28. The van der Waals surface area contributed by atoms with Crippen molar-refractivity contribution in [2.24, 2.45) is 0 Å². The summed E-state index contributed by atoms with van der Waals surface area (Å²) >= 11 is 0. The molecular formula is C22H27N9. The van der Waals surface area contributed by atoms with Crippen LogP contribution in [0.5, 0.6) is 0 Å². The van der Waals surface area contributed by atoms with E-state index in [2.05, 4.69) is 50.8 Å². The molecule has 0 atom stereocenters. The molecule has 0 bridgehead atoms. The van der Waals surface area contributed by atoms with Crippen molar-refractivity contribution in [3.63, 3.8) is 0 Å². The van der Waals surface area contributed by atoms with E-state index >= 15 is 0 Å². The first-order valence-corrected chi connectivity index (χ1v) is 10.7. The summed E-state index contributed by atoms with van der Waals surface area (Å²) in [6.45, 7) is 7.86. The van der Waals surface area contributed by atoms with Crippen LogP contribution in [0.25, 0.3) is 16.9 Å². The molecule has 0 unspecified atom stereocenters. The molecule has 3 N–H and O–H groups in total. The highest BCUT2D eigenvalue weighted by molar-refractivity contribution is 5.84. The first-order chi connectivity index (χ1) is 15.1. The van der Waals surface area contributed by atoms with Gasteiger partial charge < -0.3 is 20.5 Å². The Morgan fingerprint density at radius 1 is 1.06 bits per heavy atom. The van der Waals surface area contributed by atoms with E-state index in [1.807, 2.05) is 29.1 Å². The Labute approximate surface area is 180 Å². The van der Waals surface area contributed by atoms with Gasteiger partial charge in [0, 0.05) is 51.0 Å². The standard InChI is InChI=1S/C22H27N9/c1-15(2)31-18(14-16-6-3-4-7-17(16)30-11-5-8-25-30)26-19-20(23)27-22(28-21(19)31)29-12-9-24-10-13-29/h3-8,11,15,24H,9-10,12-14H2,1-2H3,(H2,23,27,28). The Balaban J connectivity index is 1.60. The summed E-state index contributed by atoms with van der Waals surface area (Å²) in [4.78, 5) is 16.6. The summed E-state index contributed by atoms with van der Waals surface area (Å²) in [5, 5.41) is 7.76. The fourth-order valence-electron chi connectivity index (χ4n) is 4.17. The highest BCUT2D eigenvalue weighted by atomic mass is 15.3. The number of nitrogen functional groups attached to an aromatic ring is 1. The van der Waals surface area contributed by atoms with Crippen LogP contribution in [0.1, 0.15) is 31.3 Å². The van der Waals surface area contributed by atoms with Crippen LogP contribution in [-0.2, 0) is 6.42 Å².